The number of carboxylic acids is 1. The number of carboxylic acid groups (broad SMARTS) is 1. The molecule has 0 unspecified atom stereocenters. The van der Waals surface area contributed by atoms with Gasteiger partial charge in [0.25, 0.3) is 5.91 Å². The molecule has 6 heteroatoms. The van der Waals surface area contributed by atoms with Gasteiger partial charge in [-0.2, -0.15) is 0 Å². The van der Waals surface area contributed by atoms with Crippen LogP contribution in [-0.4, -0.2) is 17.8 Å². The largest absolute Gasteiger partial charge is 0.545 e. The second kappa shape index (κ2) is 7.17. The Morgan fingerprint density at radius 2 is 1.20 bits per heavy atom. The quantitative estimate of drug-likeness (QED) is 0.893. The molecule has 2 aromatic rings. The molecule has 0 radical (unpaired) electrons. The van der Waals surface area contributed by atoms with Crippen molar-refractivity contribution >= 4 is 29.2 Å². The lowest BCUT2D eigenvalue weighted by atomic mass is 9.95. The topological polar surface area (TPSA) is 98.3 Å². The van der Waals surface area contributed by atoms with E-state index in [4.69, 9.17) is 0 Å². The van der Waals surface area contributed by atoms with Gasteiger partial charge in [-0.3, -0.25) is 9.59 Å². The zero-order chi connectivity index (χ0) is 18.6. The molecule has 0 saturated heterocycles. The van der Waals surface area contributed by atoms with Gasteiger partial charge in [-0.1, -0.05) is 32.9 Å². The van der Waals surface area contributed by atoms with Gasteiger partial charge in [0.05, 0.1) is 5.97 Å². The molecule has 2 amide bonds. The molecule has 2 rings (SSSR count). The van der Waals surface area contributed by atoms with Gasteiger partial charge in [-0.25, -0.2) is 0 Å². The monoisotopic (exact) mass is 339 g/mol. The highest BCUT2D eigenvalue weighted by atomic mass is 16.4. The molecule has 0 heterocycles. The van der Waals surface area contributed by atoms with Crippen molar-refractivity contribution in [3.63, 3.8) is 0 Å². The van der Waals surface area contributed by atoms with Gasteiger partial charge in [0, 0.05) is 22.4 Å². The summed E-state index contributed by atoms with van der Waals surface area (Å²) in [6.07, 6.45) is 0. The van der Waals surface area contributed by atoms with E-state index in [1.54, 1.807) is 24.3 Å². The fourth-order valence-electron chi connectivity index (χ4n) is 1.92. The number of benzene rings is 2. The molecule has 2 aromatic carbocycles. The van der Waals surface area contributed by atoms with Crippen molar-refractivity contribution < 1.29 is 19.5 Å². The van der Waals surface area contributed by atoms with E-state index < -0.39 is 11.4 Å². The average molecular weight is 339 g/mol. The number of hydrogen-bond donors (Lipinski definition) is 2. The van der Waals surface area contributed by atoms with Crippen LogP contribution in [0.15, 0.2) is 48.5 Å². The minimum absolute atomic E-state index is 0.0388. The van der Waals surface area contributed by atoms with Crippen molar-refractivity contribution in [2.75, 3.05) is 10.6 Å². The van der Waals surface area contributed by atoms with Crippen LogP contribution in [0.5, 0.6) is 0 Å². The SMILES string of the molecule is CC(C)(C)C(=O)Nc1ccc(C(=O)Nc2ccc(C(=O)[O-])cc2)cc1. The normalized spacial score (nSPS) is 10.8. The molecular formula is C19H19N2O4-. The summed E-state index contributed by atoms with van der Waals surface area (Å²) in [4.78, 5) is 34.8. The van der Waals surface area contributed by atoms with Crippen LogP contribution >= 0.6 is 0 Å². The third-order valence-electron chi connectivity index (χ3n) is 3.46. The molecular weight excluding hydrogens is 320 g/mol. The van der Waals surface area contributed by atoms with Gasteiger partial charge in [-0.15, -0.1) is 0 Å². The summed E-state index contributed by atoms with van der Waals surface area (Å²) >= 11 is 0. The Bertz CT molecular complexity index is 788. The fraction of sp³-hybridized carbons (Fsp3) is 0.211. The Morgan fingerprint density at radius 1 is 0.760 bits per heavy atom. The van der Waals surface area contributed by atoms with Crippen molar-refractivity contribution in [3.8, 4) is 0 Å². The Morgan fingerprint density at radius 3 is 1.64 bits per heavy atom. The van der Waals surface area contributed by atoms with Crippen molar-refractivity contribution in [1.29, 1.82) is 0 Å². The van der Waals surface area contributed by atoms with E-state index in [9.17, 15) is 19.5 Å². The molecule has 2 N–H and O–H groups in total. The van der Waals surface area contributed by atoms with Crippen molar-refractivity contribution in [1.82, 2.24) is 0 Å². The maximum absolute atomic E-state index is 12.2. The molecule has 0 spiro atoms. The van der Waals surface area contributed by atoms with Crippen molar-refractivity contribution in [3.05, 3.63) is 59.7 Å². The number of carbonyl (C=O) groups is 3. The average Bonchev–Trinajstić information content (AvgIpc) is 2.55. The van der Waals surface area contributed by atoms with Crippen LogP contribution in [0.1, 0.15) is 41.5 Å². The Balaban J connectivity index is 2.02. The maximum atomic E-state index is 12.2. The minimum Gasteiger partial charge on any atom is -0.545 e. The number of rotatable bonds is 4. The second-order valence-corrected chi connectivity index (χ2v) is 6.60. The Labute approximate surface area is 145 Å². The van der Waals surface area contributed by atoms with Crippen LogP contribution in [0.2, 0.25) is 0 Å². The molecule has 0 fully saturated rings. The highest BCUT2D eigenvalue weighted by Crippen LogP contribution is 2.18. The molecule has 0 aromatic heterocycles. The van der Waals surface area contributed by atoms with E-state index >= 15 is 0 Å². The summed E-state index contributed by atoms with van der Waals surface area (Å²) in [6, 6.07) is 12.2. The lowest BCUT2D eigenvalue weighted by Gasteiger charge is -2.17. The highest BCUT2D eigenvalue weighted by Gasteiger charge is 2.21. The summed E-state index contributed by atoms with van der Waals surface area (Å²) in [5, 5.41) is 16.1. The predicted molar refractivity (Wildman–Crippen MR) is 93.3 cm³/mol. The first-order chi connectivity index (χ1) is 11.7. The molecule has 130 valence electrons. The smallest absolute Gasteiger partial charge is 0.255 e. The maximum Gasteiger partial charge on any atom is 0.255 e. The van der Waals surface area contributed by atoms with Crippen LogP contribution < -0.4 is 15.7 Å². The lowest BCUT2D eigenvalue weighted by Crippen LogP contribution is -2.27. The second-order valence-electron chi connectivity index (χ2n) is 6.60. The molecule has 25 heavy (non-hydrogen) atoms. The summed E-state index contributed by atoms with van der Waals surface area (Å²) in [5.41, 5.74) is 1.03. The molecule has 0 aliphatic carbocycles. The van der Waals surface area contributed by atoms with Crippen LogP contribution in [0, 0.1) is 5.41 Å². The van der Waals surface area contributed by atoms with Gasteiger partial charge >= 0.3 is 0 Å². The number of anilines is 2. The first kappa shape index (κ1) is 18.2. The van der Waals surface area contributed by atoms with E-state index in [2.05, 4.69) is 10.6 Å². The Hall–Kier alpha value is -3.15. The molecule has 0 aliphatic heterocycles. The number of nitrogens with one attached hydrogen (secondary N) is 2. The third kappa shape index (κ3) is 4.91. The summed E-state index contributed by atoms with van der Waals surface area (Å²) in [5.74, 6) is -1.72. The third-order valence-corrected chi connectivity index (χ3v) is 3.46. The Kier molecular flexibility index (Phi) is 5.22. The predicted octanol–water partition coefficient (Wildman–Crippen LogP) is 2.29. The van der Waals surface area contributed by atoms with Gasteiger partial charge in [0.2, 0.25) is 5.91 Å². The zero-order valence-electron chi connectivity index (χ0n) is 14.3. The molecule has 0 atom stereocenters. The standard InChI is InChI=1S/C19H20N2O4/c1-19(2,3)18(25)21-15-8-4-12(5-9-15)16(22)20-14-10-6-13(7-11-14)17(23)24/h4-11H,1-3H3,(H,20,22)(H,21,25)(H,23,24)/p-1. The first-order valence-electron chi connectivity index (χ1n) is 7.71. The van der Waals surface area contributed by atoms with Gasteiger partial charge in [0.15, 0.2) is 0 Å². The van der Waals surface area contributed by atoms with Crippen molar-refractivity contribution in [2.24, 2.45) is 5.41 Å². The van der Waals surface area contributed by atoms with E-state index in [0.29, 0.717) is 16.9 Å². The van der Waals surface area contributed by atoms with Crippen molar-refractivity contribution in [2.45, 2.75) is 20.8 Å². The summed E-state index contributed by atoms with van der Waals surface area (Å²) in [7, 11) is 0. The summed E-state index contributed by atoms with van der Waals surface area (Å²) < 4.78 is 0. The molecule has 0 bridgehead atoms. The summed E-state index contributed by atoms with van der Waals surface area (Å²) in [6.45, 7) is 5.45. The number of aromatic carboxylic acids is 1. The van der Waals surface area contributed by atoms with E-state index in [-0.39, 0.29) is 17.4 Å². The van der Waals surface area contributed by atoms with Gasteiger partial charge < -0.3 is 20.5 Å². The van der Waals surface area contributed by atoms with Crippen LogP contribution in [0.25, 0.3) is 0 Å². The van der Waals surface area contributed by atoms with Crippen LogP contribution in [0.3, 0.4) is 0 Å². The highest BCUT2D eigenvalue weighted by molar-refractivity contribution is 6.05. The fourth-order valence-corrected chi connectivity index (χ4v) is 1.92. The van der Waals surface area contributed by atoms with E-state index in [0.717, 1.165) is 0 Å². The molecule has 6 nitrogen and oxygen atoms in total. The number of carbonyl (C=O) groups excluding carboxylic acids is 3. The zero-order valence-corrected chi connectivity index (χ0v) is 14.3. The molecule has 0 aliphatic rings. The number of amides is 2. The van der Waals surface area contributed by atoms with Gasteiger partial charge in [-0.05, 0) is 42.0 Å². The van der Waals surface area contributed by atoms with Crippen LogP contribution in [0.4, 0.5) is 11.4 Å². The van der Waals surface area contributed by atoms with Gasteiger partial charge in [0.1, 0.15) is 0 Å². The molecule has 0 saturated carbocycles. The van der Waals surface area contributed by atoms with Crippen LogP contribution in [-0.2, 0) is 4.79 Å². The van der Waals surface area contributed by atoms with E-state index in [1.807, 2.05) is 20.8 Å². The van der Waals surface area contributed by atoms with E-state index in [1.165, 1.54) is 24.3 Å². The first-order valence-corrected chi connectivity index (χ1v) is 7.71. The number of hydrogen-bond acceptors (Lipinski definition) is 4. The lowest BCUT2D eigenvalue weighted by molar-refractivity contribution is -0.255. The minimum atomic E-state index is -1.27.